The van der Waals surface area contributed by atoms with Crippen LogP contribution in [0.5, 0.6) is 0 Å². The standard InChI is InChI=1S/C12H18N4O3S/c1-2-13-11-5-4-10(8-14-11)20(18,19)15-7-9-3-6-12(17)16-9/h4-5,8-9,15H,2-3,6-7H2,1H3,(H,13,14)(H,16,17). The summed E-state index contributed by atoms with van der Waals surface area (Å²) in [6.07, 6.45) is 2.41. The van der Waals surface area contributed by atoms with Crippen LogP contribution in [0.1, 0.15) is 19.8 Å². The fourth-order valence-corrected chi connectivity index (χ4v) is 2.97. The second-order valence-electron chi connectivity index (χ2n) is 4.56. The van der Waals surface area contributed by atoms with Crippen LogP contribution in [0.15, 0.2) is 23.2 Å². The average Bonchev–Trinajstić information content (AvgIpc) is 2.84. The Kier molecular flexibility index (Phi) is 4.56. The van der Waals surface area contributed by atoms with E-state index in [0.29, 0.717) is 18.7 Å². The lowest BCUT2D eigenvalue weighted by Crippen LogP contribution is -2.38. The predicted molar refractivity (Wildman–Crippen MR) is 74.8 cm³/mol. The number of nitrogens with zero attached hydrogens (tertiary/aromatic N) is 1. The average molecular weight is 298 g/mol. The molecule has 1 aliphatic heterocycles. The Hall–Kier alpha value is -1.67. The van der Waals surface area contributed by atoms with Crippen LogP contribution in [-0.4, -0.2) is 38.4 Å². The molecular formula is C12H18N4O3S. The first-order valence-electron chi connectivity index (χ1n) is 6.50. The number of anilines is 1. The second-order valence-corrected chi connectivity index (χ2v) is 6.33. The molecule has 0 aromatic carbocycles. The van der Waals surface area contributed by atoms with Crippen LogP contribution in [0, 0.1) is 0 Å². The van der Waals surface area contributed by atoms with Gasteiger partial charge in [-0.1, -0.05) is 0 Å². The number of hydrogen-bond donors (Lipinski definition) is 3. The van der Waals surface area contributed by atoms with Gasteiger partial charge in [0.2, 0.25) is 15.9 Å². The van der Waals surface area contributed by atoms with Gasteiger partial charge in [0.15, 0.2) is 0 Å². The third-order valence-corrected chi connectivity index (χ3v) is 4.42. The topological polar surface area (TPSA) is 100 Å². The number of pyridine rings is 1. The molecule has 2 rings (SSSR count). The lowest BCUT2D eigenvalue weighted by Gasteiger charge is -2.12. The molecular weight excluding hydrogens is 280 g/mol. The van der Waals surface area contributed by atoms with Crippen molar-refractivity contribution in [3.05, 3.63) is 18.3 Å². The second kappa shape index (κ2) is 6.19. The minimum atomic E-state index is -3.59. The van der Waals surface area contributed by atoms with E-state index in [1.165, 1.54) is 12.3 Å². The zero-order chi connectivity index (χ0) is 14.6. The summed E-state index contributed by atoms with van der Waals surface area (Å²) in [5.41, 5.74) is 0. The molecule has 2 heterocycles. The summed E-state index contributed by atoms with van der Waals surface area (Å²) < 4.78 is 26.6. The fourth-order valence-electron chi connectivity index (χ4n) is 1.95. The molecule has 0 bridgehead atoms. The molecule has 1 aliphatic rings. The number of nitrogens with one attached hydrogen (secondary N) is 3. The van der Waals surface area contributed by atoms with E-state index in [-0.39, 0.29) is 23.4 Å². The molecule has 110 valence electrons. The fraction of sp³-hybridized carbons (Fsp3) is 0.500. The first-order valence-corrected chi connectivity index (χ1v) is 7.98. The van der Waals surface area contributed by atoms with E-state index in [4.69, 9.17) is 0 Å². The zero-order valence-corrected chi connectivity index (χ0v) is 12.0. The van der Waals surface area contributed by atoms with Crippen molar-refractivity contribution in [3.8, 4) is 0 Å². The Balaban J connectivity index is 1.97. The van der Waals surface area contributed by atoms with Crippen molar-refractivity contribution in [2.45, 2.75) is 30.7 Å². The number of carbonyl (C=O) groups excluding carboxylic acids is 1. The summed E-state index contributed by atoms with van der Waals surface area (Å²) in [4.78, 5) is 15.2. The highest BCUT2D eigenvalue weighted by Crippen LogP contribution is 2.11. The molecule has 1 aromatic heterocycles. The molecule has 1 saturated heterocycles. The molecule has 1 atom stereocenters. The van der Waals surface area contributed by atoms with Gasteiger partial charge < -0.3 is 10.6 Å². The van der Waals surface area contributed by atoms with E-state index in [0.717, 1.165) is 6.54 Å². The lowest BCUT2D eigenvalue weighted by molar-refractivity contribution is -0.119. The molecule has 1 fully saturated rings. The minimum absolute atomic E-state index is 0.0362. The lowest BCUT2D eigenvalue weighted by atomic mass is 10.2. The third-order valence-electron chi connectivity index (χ3n) is 3.01. The van der Waals surface area contributed by atoms with Crippen LogP contribution < -0.4 is 15.4 Å². The first-order chi connectivity index (χ1) is 9.51. The third kappa shape index (κ3) is 3.67. The molecule has 0 spiro atoms. The van der Waals surface area contributed by atoms with E-state index in [1.54, 1.807) is 6.07 Å². The van der Waals surface area contributed by atoms with Crippen molar-refractivity contribution in [2.75, 3.05) is 18.4 Å². The van der Waals surface area contributed by atoms with Gasteiger partial charge in [-0.15, -0.1) is 0 Å². The largest absolute Gasteiger partial charge is 0.370 e. The number of carbonyl (C=O) groups is 1. The van der Waals surface area contributed by atoms with Gasteiger partial charge >= 0.3 is 0 Å². The van der Waals surface area contributed by atoms with Crippen LogP contribution in [0.2, 0.25) is 0 Å². The van der Waals surface area contributed by atoms with Crippen LogP contribution in [0.4, 0.5) is 5.82 Å². The number of rotatable bonds is 6. The van der Waals surface area contributed by atoms with Gasteiger partial charge in [0.25, 0.3) is 0 Å². The number of amides is 1. The highest BCUT2D eigenvalue weighted by molar-refractivity contribution is 7.89. The van der Waals surface area contributed by atoms with E-state index >= 15 is 0 Å². The maximum atomic E-state index is 12.1. The van der Waals surface area contributed by atoms with E-state index in [9.17, 15) is 13.2 Å². The Bertz CT molecular complexity index is 571. The smallest absolute Gasteiger partial charge is 0.242 e. The Morgan fingerprint density at radius 1 is 1.45 bits per heavy atom. The molecule has 1 aromatic rings. The minimum Gasteiger partial charge on any atom is -0.370 e. The zero-order valence-electron chi connectivity index (χ0n) is 11.2. The molecule has 7 nitrogen and oxygen atoms in total. The summed E-state index contributed by atoms with van der Waals surface area (Å²) >= 11 is 0. The van der Waals surface area contributed by atoms with E-state index in [2.05, 4.69) is 20.3 Å². The maximum Gasteiger partial charge on any atom is 0.242 e. The number of sulfonamides is 1. The molecule has 0 radical (unpaired) electrons. The summed E-state index contributed by atoms with van der Waals surface area (Å²) in [6.45, 7) is 2.85. The van der Waals surface area contributed by atoms with Gasteiger partial charge in [-0.25, -0.2) is 18.1 Å². The van der Waals surface area contributed by atoms with Crippen molar-refractivity contribution in [1.29, 1.82) is 0 Å². The van der Waals surface area contributed by atoms with Crippen LogP contribution in [0.3, 0.4) is 0 Å². The molecule has 1 amide bonds. The van der Waals surface area contributed by atoms with E-state index < -0.39 is 10.0 Å². The Morgan fingerprint density at radius 3 is 2.80 bits per heavy atom. The van der Waals surface area contributed by atoms with Gasteiger partial charge in [-0.05, 0) is 25.5 Å². The quantitative estimate of drug-likeness (QED) is 0.690. The maximum absolute atomic E-state index is 12.1. The molecule has 0 aliphatic carbocycles. The van der Waals surface area contributed by atoms with Gasteiger partial charge in [-0.2, -0.15) is 0 Å². The number of aromatic nitrogens is 1. The van der Waals surface area contributed by atoms with Crippen LogP contribution in [-0.2, 0) is 14.8 Å². The number of hydrogen-bond acceptors (Lipinski definition) is 5. The Labute approximate surface area is 118 Å². The van der Waals surface area contributed by atoms with E-state index in [1.807, 2.05) is 6.92 Å². The molecule has 0 saturated carbocycles. The van der Waals surface area contributed by atoms with Gasteiger partial charge in [-0.3, -0.25) is 4.79 Å². The van der Waals surface area contributed by atoms with Crippen molar-refractivity contribution in [1.82, 2.24) is 15.0 Å². The Morgan fingerprint density at radius 2 is 2.25 bits per heavy atom. The molecule has 20 heavy (non-hydrogen) atoms. The monoisotopic (exact) mass is 298 g/mol. The van der Waals surface area contributed by atoms with Crippen molar-refractivity contribution >= 4 is 21.7 Å². The summed E-state index contributed by atoms with van der Waals surface area (Å²) in [7, 11) is -3.59. The van der Waals surface area contributed by atoms with Gasteiger partial charge in [0, 0.05) is 31.7 Å². The van der Waals surface area contributed by atoms with Crippen molar-refractivity contribution in [2.24, 2.45) is 0 Å². The predicted octanol–water partition coefficient (Wildman–Crippen LogP) is 0.0703. The van der Waals surface area contributed by atoms with Crippen LogP contribution >= 0.6 is 0 Å². The summed E-state index contributed by atoms with van der Waals surface area (Å²) in [6, 6.07) is 2.99. The summed E-state index contributed by atoms with van der Waals surface area (Å²) in [5, 5.41) is 5.71. The molecule has 8 heteroatoms. The van der Waals surface area contributed by atoms with Gasteiger partial charge in [0.05, 0.1) is 0 Å². The molecule has 1 unspecified atom stereocenters. The van der Waals surface area contributed by atoms with Crippen LogP contribution in [0.25, 0.3) is 0 Å². The molecule has 3 N–H and O–H groups in total. The van der Waals surface area contributed by atoms with Crippen molar-refractivity contribution < 1.29 is 13.2 Å². The van der Waals surface area contributed by atoms with Gasteiger partial charge in [0.1, 0.15) is 10.7 Å². The normalized spacial score (nSPS) is 18.9. The highest BCUT2D eigenvalue weighted by Gasteiger charge is 2.23. The highest BCUT2D eigenvalue weighted by atomic mass is 32.2. The SMILES string of the molecule is CCNc1ccc(S(=O)(=O)NCC2CCC(=O)N2)cn1. The van der Waals surface area contributed by atoms with Crippen molar-refractivity contribution in [3.63, 3.8) is 0 Å². The summed E-state index contributed by atoms with van der Waals surface area (Å²) in [5.74, 6) is 0.598. The first kappa shape index (κ1) is 14.7.